The molecule has 0 atom stereocenters. The number of carbonyl (C=O) groups excluding carboxylic acids is 1. The van der Waals surface area contributed by atoms with Gasteiger partial charge in [-0.15, -0.1) is 0 Å². The fourth-order valence-corrected chi connectivity index (χ4v) is 2.57. The third kappa shape index (κ3) is 2.34. The molecule has 0 amide bonds. The number of hydrogen-bond acceptors (Lipinski definition) is 2. The van der Waals surface area contributed by atoms with E-state index < -0.39 is 0 Å². The average molecular weight is 220 g/mol. The molecule has 88 valence electrons. The normalized spacial score (nSPS) is 19.6. The molecule has 1 heterocycles. The minimum Gasteiger partial charge on any atom is -0.299 e. The van der Waals surface area contributed by atoms with E-state index in [2.05, 4.69) is 12.0 Å². The molecule has 0 radical (unpaired) electrons. The van der Waals surface area contributed by atoms with Crippen LogP contribution in [0.3, 0.4) is 0 Å². The lowest BCUT2D eigenvalue weighted by molar-refractivity contribution is -0.128. The summed E-state index contributed by atoms with van der Waals surface area (Å²) >= 11 is 0. The maximum atomic E-state index is 12.3. The molecule has 2 rings (SSSR count). The predicted octanol–water partition coefficient (Wildman–Crippen LogP) is 2.50. The van der Waals surface area contributed by atoms with Crippen LogP contribution in [0.15, 0.2) is 12.4 Å². The first-order valence-corrected chi connectivity index (χ1v) is 6.11. The summed E-state index contributed by atoms with van der Waals surface area (Å²) in [4.78, 5) is 12.3. The van der Waals surface area contributed by atoms with Crippen molar-refractivity contribution in [2.45, 2.75) is 45.4 Å². The molecule has 3 nitrogen and oxygen atoms in total. The molecule has 1 saturated carbocycles. The quantitative estimate of drug-likeness (QED) is 0.784. The summed E-state index contributed by atoms with van der Waals surface area (Å²) in [6.45, 7) is 2.13. The van der Waals surface area contributed by atoms with Crippen LogP contribution in [0.5, 0.6) is 0 Å². The Hall–Kier alpha value is -1.12. The van der Waals surface area contributed by atoms with Crippen LogP contribution >= 0.6 is 0 Å². The molecule has 3 heteroatoms. The number of aromatic nitrogens is 2. The Balaban J connectivity index is 2.01. The van der Waals surface area contributed by atoms with Crippen molar-refractivity contribution in [2.75, 3.05) is 0 Å². The van der Waals surface area contributed by atoms with Gasteiger partial charge in [-0.25, -0.2) is 0 Å². The highest BCUT2D eigenvalue weighted by atomic mass is 16.1. The zero-order valence-electron chi connectivity index (χ0n) is 10.2. The molecule has 0 N–H and O–H groups in total. The molecule has 0 bridgehead atoms. The van der Waals surface area contributed by atoms with Crippen molar-refractivity contribution in [1.82, 2.24) is 9.78 Å². The van der Waals surface area contributed by atoms with E-state index in [4.69, 9.17) is 0 Å². The van der Waals surface area contributed by atoms with Crippen molar-refractivity contribution >= 4 is 5.78 Å². The van der Waals surface area contributed by atoms with Crippen molar-refractivity contribution < 1.29 is 4.79 Å². The summed E-state index contributed by atoms with van der Waals surface area (Å²) in [5, 5.41) is 4.10. The predicted molar refractivity (Wildman–Crippen MR) is 63.1 cm³/mol. The van der Waals surface area contributed by atoms with Gasteiger partial charge in [-0.05, 0) is 18.4 Å². The molecule has 1 aliphatic carbocycles. The van der Waals surface area contributed by atoms with Crippen LogP contribution in [0.25, 0.3) is 0 Å². The number of Topliss-reactive ketones (excluding diaryl/α,β-unsaturated/α-hetero) is 1. The standard InChI is InChI=1S/C13H20N2O/c1-13(6-4-3-5-7-13)12(16)8-11-9-14-15(2)10-11/h9-10H,3-8H2,1-2H3. The maximum absolute atomic E-state index is 12.3. The number of nitrogens with zero attached hydrogens (tertiary/aromatic N) is 2. The number of carbonyl (C=O) groups is 1. The molecule has 16 heavy (non-hydrogen) atoms. The number of hydrogen-bond donors (Lipinski definition) is 0. The molecule has 0 unspecified atom stereocenters. The highest BCUT2D eigenvalue weighted by Gasteiger charge is 2.33. The van der Waals surface area contributed by atoms with Crippen LogP contribution < -0.4 is 0 Å². The third-order valence-electron chi connectivity index (χ3n) is 3.75. The second-order valence-corrected chi connectivity index (χ2v) is 5.24. The van der Waals surface area contributed by atoms with E-state index in [-0.39, 0.29) is 5.41 Å². The molecule has 1 fully saturated rings. The van der Waals surface area contributed by atoms with Gasteiger partial charge in [0, 0.05) is 25.1 Å². The lowest BCUT2D eigenvalue weighted by Gasteiger charge is -2.31. The lowest BCUT2D eigenvalue weighted by atomic mass is 9.71. The van der Waals surface area contributed by atoms with Gasteiger partial charge in [-0.3, -0.25) is 9.48 Å². The van der Waals surface area contributed by atoms with Gasteiger partial charge in [0.05, 0.1) is 6.20 Å². The van der Waals surface area contributed by atoms with E-state index in [1.54, 1.807) is 10.9 Å². The van der Waals surface area contributed by atoms with Crippen molar-refractivity contribution in [3.05, 3.63) is 18.0 Å². The lowest BCUT2D eigenvalue weighted by Crippen LogP contribution is -2.31. The second kappa shape index (κ2) is 4.40. The topological polar surface area (TPSA) is 34.9 Å². The molecular formula is C13H20N2O. The summed E-state index contributed by atoms with van der Waals surface area (Å²) in [5.41, 5.74) is 0.966. The minimum absolute atomic E-state index is 0.0753. The first-order chi connectivity index (χ1) is 7.60. The van der Waals surface area contributed by atoms with Gasteiger partial charge in [0.1, 0.15) is 5.78 Å². The molecule has 1 aromatic rings. The van der Waals surface area contributed by atoms with E-state index in [0.29, 0.717) is 12.2 Å². The Morgan fingerprint density at radius 1 is 1.44 bits per heavy atom. The smallest absolute Gasteiger partial charge is 0.143 e. The first kappa shape index (κ1) is 11.4. The van der Waals surface area contributed by atoms with E-state index in [0.717, 1.165) is 18.4 Å². The van der Waals surface area contributed by atoms with Crippen LogP contribution in [0, 0.1) is 5.41 Å². The van der Waals surface area contributed by atoms with Gasteiger partial charge in [-0.1, -0.05) is 26.2 Å². The molecule has 0 saturated heterocycles. The minimum atomic E-state index is -0.0753. The van der Waals surface area contributed by atoms with E-state index in [9.17, 15) is 4.79 Å². The second-order valence-electron chi connectivity index (χ2n) is 5.24. The SMILES string of the molecule is Cn1cc(CC(=O)C2(C)CCCCC2)cn1. The fourth-order valence-electron chi connectivity index (χ4n) is 2.57. The molecule has 0 aliphatic heterocycles. The summed E-state index contributed by atoms with van der Waals surface area (Å²) in [5.74, 6) is 0.389. The van der Waals surface area contributed by atoms with Gasteiger partial charge >= 0.3 is 0 Å². The first-order valence-electron chi connectivity index (χ1n) is 6.11. The largest absolute Gasteiger partial charge is 0.299 e. The van der Waals surface area contributed by atoms with Crippen LogP contribution in [0.1, 0.15) is 44.6 Å². The van der Waals surface area contributed by atoms with E-state index in [1.807, 2.05) is 13.2 Å². The average Bonchev–Trinajstić information content (AvgIpc) is 2.65. The Bertz CT molecular complexity index is 375. The Labute approximate surface area is 96.8 Å². The Kier molecular flexibility index (Phi) is 3.13. The van der Waals surface area contributed by atoms with Crippen molar-refractivity contribution in [1.29, 1.82) is 0 Å². The van der Waals surface area contributed by atoms with Gasteiger partial charge in [-0.2, -0.15) is 5.10 Å². The van der Waals surface area contributed by atoms with Crippen LogP contribution in [0.4, 0.5) is 0 Å². The van der Waals surface area contributed by atoms with Crippen LogP contribution in [0.2, 0.25) is 0 Å². The van der Waals surface area contributed by atoms with E-state index >= 15 is 0 Å². The molecule has 0 spiro atoms. The van der Waals surface area contributed by atoms with Gasteiger partial charge in [0.15, 0.2) is 0 Å². The van der Waals surface area contributed by atoms with Crippen molar-refractivity contribution in [3.63, 3.8) is 0 Å². The summed E-state index contributed by atoms with van der Waals surface area (Å²) in [6, 6.07) is 0. The Morgan fingerprint density at radius 3 is 2.69 bits per heavy atom. The van der Waals surface area contributed by atoms with E-state index in [1.165, 1.54) is 19.3 Å². The number of rotatable bonds is 3. The highest BCUT2D eigenvalue weighted by molar-refractivity contribution is 5.86. The molecule has 1 aromatic heterocycles. The maximum Gasteiger partial charge on any atom is 0.143 e. The Morgan fingerprint density at radius 2 is 2.12 bits per heavy atom. The zero-order chi connectivity index (χ0) is 11.6. The monoisotopic (exact) mass is 220 g/mol. The number of aryl methyl sites for hydroxylation is 1. The summed E-state index contributed by atoms with van der Waals surface area (Å²) < 4.78 is 1.76. The van der Waals surface area contributed by atoms with Crippen molar-refractivity contribution in [3.8, 4) is 0 Å². The third-order valence-corrected chi connectivity index (χ3v) is 3.75. The number of ketones is 1. The zero-order valence-corrected chi connectivity index (χ0v) is 10.2. The van der Waals surface area contributed by atoms with Gasteiger partial charge < -0.3 is 0 Å². The molecular weight excluding hydrogens is 200 g/mol. The van der Waals surface area contributed by atoms with Gasteiger partial charge in [0.2, 0.25) is 0 Å². The molecule has 1 aliphatic rings. The molecule has 0 aromatic carbocycles. The summed E-state index contributed by atoms with van der Waals surface area (Å²) in [6.07, 6.45) is 10.1. The van der Waals surface area contributed by atoms with Crippen LogP contribution in [-0.4, -0.2) is 15.6 Å². The summed E-state index contributed by atoms with van der Waals surface area (Å²) in [7, 11) is 1.89. The van der Waals surface area contributed by atoms with Crippen LogP contribution in [-0.2, 0) is 18.3 Å². The fraction of sp³-hybridized carbons (Fsp3) is 0.692. The van der Waals surface area contributed by atoms with Crippen molar-refractivity contribution in [2.24, 2.45) is 12.5 Å². The van der Waals surface area contributed by atoms with Gasteiger partial charge in [0.25, 0.3) is 0 Å². The highest BCUT2D eigenvalue weighted by Crippen LogP contribution is 2.37.